The Balaban J connectivity index is 4.56. The Morgan fingerprint density at radius 3 is 1.95 bits per heavy atom. The average Bonchev–Trinajstić information content (AvgIpc) is 2.28. The Hall–Kier alpha value is 0.0969. The van der Waals surface area contributed by atoms with Crippen LogP contribution in [0.3, 0.4) is 0 Å². The summed E-state index contributed by atoms with van der Waals surface area (Å²) < 4.78 is 6.49. The lowest BCUT2D eigenvalue weighted by Crippen LogP contribution is -2.44. The molecule has 0 rings (SSSR count). The van der Waals surface area contributed by atoms with E-state index in [1.807, 2.05) is 0 Å². The maximum atomic E-state index is 9.55. The summed E-state index contributed by atoms with van der Waals surface area (Å²) in [6.07, 6.45) is 7.19. The van der Waals surface area contributed by atoms with E-state index in [1.54, 1.807) is 0 Å². The van der Waals surface area contributed by atoms with E-state index in [4.69, 9.17) is 4.43 Å². The molecule has 0 saturated heterocycles. The number of rotatable bonds is 10. The lowest BCUT2D eigenvalue weighted by atomic mass is 10.0. The van der Waals surface area contributed by atoms with Gasteiger partial charge in [0.25, 0.3) is 0 Å². The van der Waals surface area contributed by atoms with Gasteiger partial charge in [-0.2, -0.15) is 0 Å². The summed E-state index contributed by atoms with van der Waals surface area (Å²) in [6.45, 7) is 14.9. The minimum absolute atomic E-state index is 0.154. The van der Waals surface area contributed by atoms with Gasteiger partial charge in [-0.25, -0.2) is 0 Å². The standard InChI is InChI=1S/C17H38O3Si/c1-8-9-10-11-12-15(13-14-17(5,18)19)20-21(6,7)16(2,3)4/h15,18-19H,8-14H2,1-7H3. The van der Waals surface area contributed by atoms with Crippen LogP contribution in [-0.2, 0) is 4.43 Å². The van der Waals surface area contributed by atoms with Gasteiger partial charge in [0, 0.05) is 12.5 Å². The fourth-order valence-corrected chi connectivity index (χ4v) is 3.51. The number of hydrogen-bond donors (Lipinski definition) is 2. The molecule has 0 aliphatic heterocycles. The summed E-state index contributed by atoms with van der Waals surface area (Å²) in [5.74, 6) is -1.58. The van der Waals surface area contributed by atoms with E-state index in [1.165, 1.54) is 32.6 Å². The molecule has 0 spiro atoms. The van der Waals surface area contributed by atoms with Crippen molar-refractivity contribution in [3.8, 4) is 0 Å². The van der Waals surface area contributed by atoms with Crippen LogP contribution in [0.25, 0.3) is 0 Å². The van der Waals surface area contributed by atoms with Gasteiger partial charge in [0.15, 0.2) is 14.1 Å². The molecule has 3 nitrogen and oxygen atoms in total. The zero-order chi connectivity index (χ0) is 16.7. The summed E-state index contributed by atoms with van der Waals surface area (Å²) in [5, 5.41) is 19.3. The molecule has 2 N–H and O–H groups in total. The largest absolute Gasteiger partial charge is 0.414 e. The van der Waals surface area contributed by atoms with Gasteiger partial charge in [-0.15, -0.1) is 0 Å². The Morgan fingerprint density at radius 1 is 0.952 bits per heavy atom. The average molecular weight is 319 g/mol. The number of aliphatic hydroxyl groups is 2. The fourth-order valence-electron chi connectivity index (χ4n) is 2.09. The van der Waals surface area contributed by atoms with Crippen LogP contribution in [-0.4, -0.2) is 30.4 Å². The van der Waals surface area contributed by atoms with E-state index < -0.39 is 14.1 Å². The van der Waals surface area contributed by atoms with Gasteiger partial charge in [0.1, 0.15) is 0 Å². The number of hydrogen-bond acceptors (Lipinski definition) is 3. The summed E-state index contributed by atoms with van der Waals surface area (Å²) in [6, 6.07) is 0. The zero-order valence-corrected chi connectivity index (χ0v) is 16.3. The van der Waals surface area contributed by atoms with Gasteiger partial charge < -0.3 is 14.6 Å². The third kappa shape index (κ3) is 9.66. The van der Waals surface area contributed by atoms with Crippen LogP contribution in [0.5, 0.6) is 0 Å². The molecule has 0 saturated carbocycles. The molecule has 0 aliphatic carbocycles. The topological polar surface area (TPSA) is 49.7 Å². The third-order valence-electron chi connectivity index (χ3n) is 4.59. The zero-order valence-electron chi connectivity index (χ0n) is 15.3. The van der Waals surface area contributed by atoms with Crippen molar-refractivity contribution in [1.82, 2.24) is 0 Å². The van der Waals surface area contributed by atoms with Crippen LogP contribution in [0.2, 0.25) is 18.1 Å². The Kier molecular flexibility index (Phi) is 8.70. The fraction of sp³-hybridized carbons (Fsp3) is 1.00. The van der Waals surface area contributed by atoms with E-state index in [-0.39, 0.29) is 11.1 Å². The maximum absolute atomic E-state index is 9.55. The van der Waals surface area contributed by atoms with Crippen LogP contribution in [0.4, 0.5) is 0 Å². The Labute approximate surface area is 133 Å². The van der Waals surface area contributed by atoms with E-state index in [9.17, 15) is 10.2 Å². The molecule has 1 atom stereocenters. The van der Waals surface area contributed by atoms with Gasteiger partial charge in [-0.3, -0.25) is 0 Å². The second kappa shape index (κ2) is 8.66. The first-order valence-corrected chi connectivity index (χ1v) is 11.4. The van der Waals surface area contributed by atoms with Crippen molar-refractivity contribution in [2.24, 2.45) is 0 Å². The smallest absolute Gasteiger partial charge is 0.192 e. The minimum atomic E-state index is -1.80. The van der Waals surface area contributed by atoms with Gasteiger partial charge in [0.05, 0.1) is 0 Å². The molecule has 0 aliphatic rings. The highest BCUT2D eigenvalue weighted by Crippen LogP contribution is 2.38. The first-order valence-electron chi connectivity index (χ1n) is 8.51. The molecule has 0 fully saturated rings. The summed E-state index contributed by atoms with van der Waals surface area (Å²) >= 11 is 0. The molecule has 0 bridgehead atoms. The minimum Gasteiger partial charge on any atom is -0.414 e. The van der Waals surface area contributed by atoms with E-state index in [0.29, 0.717) is 6.42 Å². The van der Waals surface area contributed by atoms with Crippen molar-refractivity contribution in [2.75, 3.05) is 0 Å². The SMILES string of the molecule is CCCCCCC(CCC(C)(O)O)O[Si](C)(C)C(C)(C)C. The summed E-state index contributed by atoms with van der Waals surface area (Å²) in [5.41, 5.74) is 0. The monoisotopic (exact) mass is 318 g/mol. The summed E-state index contributed by atoms with van der Waals surface area (Å²) in [7, 11) is -1.80. The first kappa shape index (κ1) is 21.1. The van der Waals surface area contributed by atoms with Crippen LogP contribution in [0.15, 0.2) is 0 Å². The van der Waals surface area contributed by atoms with E-state index >= 15 is 0 Å². The maximum Gasteiger partial charge on any atom is 0.192 e. The van der Waals surface area contributed by atoms with Crippen LogP contribution in [0.1, 0.15) is 79.6 Å². The normalized spacial score (nSPS) is 15.3. The Bertz CT molecular complexity index is 277. The highest BCUT2D eigenvalue weighted by Gasteiger charge is 2.39. The first-order chi connectivity index (χ1) is 9.39. The lowest BCUT2D eigenvalue weighted by Gasteiger charge is -2.39. The number of unbranched alkanes of at least 4 members (excludes halogenated alkanes) is 3. The third-order valence-corrected chi connectivity index (χ3v) is 9.12. The molecule has 0 radical (unpaired) electrons. The lowest BCUT2D eigenvalue weighted by molar-refractivity contribution is -0.153. The molecule has 1 unspecified atom stereocenters. The van der Waals surface area contributed by atoms with Gasteiger partial charge in [0.2, 0.25) is 0 Å². The molecule has 0 aromatic heterocycles. The van der Waals surface area contributed by atoms with Crippen LogP contribution in [0, 0.1) is 0 Å². The molecular formula is C17H38O3Si. The highest BCUT2D eigenvalue weighted by atomic mass is 28.4. The van der Waals surface area contributed by atoms with Crippen molar-refractivity contribution < 1.29 is 14.6 Å². The second-order valence-electron chi connectivity index (χ2n) is 8.11. The molecule has 21 heavy (non-hydrogen) atoms. The quantitative estimate of drug-likeness (QED) is 0.344. The van der Waals surface area contributed by atoms with Crippen molar-refractivity contribution in [3.63, 3.8) is 0 Å². The van der Waals surface area contributed by atoms with Gasteiger partial charge in [-0.05, 0) is 37.9 Å². The highest BCUT2D eigenvalue weighted by molar-refractivity contribution is 6.74. The Morgan fingerprint density at radius 2 is 1.52 bits per heavy atom. The molecule has 128 valence electrons. The molecule has 0 aromatic rings. The van der Waals surface area contributed by atoms with E-state index in [0.717, 1.165) is 12.8 Å². The molecular weight excluding hydrogens is 280 g/mol. The molecule has 0 aromatic carbocycles. The van der Waals surface area contributed by atoms with Crippen molar-refractivity contribution in [2.45, 2.75) is 110 Å². The second-order valence-corrected chi connectivity index (χ2v) is 12.9. The predicted molar refractivity (Wildman–Crippen MR) is 92.9 cm³/mol. The molecule has 0 heterocycles. The van der Waals surface area contributed by atoms with Crippen LogP contribution >= 0.6 is 0 Å². The molecule has 4 heteroatoms. The van der Waals surface area contributed by atoms with Crippen molar-refractivity contribution >= 4 is 8.32 Å². The summed E-state index contributed by atoms with van der Waals surface area (Å²) in [4.78, 5) is 0. The van der Waals surface area contributed by atoms with Crippen molar-refractivity contribution in [3.05, 3.63) is 0 Å². The van der Waals surface area contributed by atoms with Crippen molar-refractivity contribution in [1.29, 1.82) is 0 Å². The van der Waals surface area contributed by atoms with Gasteiger partial charge >= 0.3 is 0 Å². The predicted octanol–water partition coefficient (Wildman–Crippen LogP) is 4.83. The van der Waals surface area contributed by atoms with E-state index in [2.05, 4.69) is 40.8 Å². The molecule has 0 amide bonds. The van der Waals surface area contributed by atoms with Gasteiger partial charge in [-0.1, -0.05) is 53.4 Å². The van der Waals surface area contributed by atoms with Crippen LogP contribution < -0.4 is 0 Å².